The maximum absolute atomic E-state index is 13.3. The van der Waals surface area contributed by atoms with Crippen molar-refractivity contribution in [2.45, 2.75) is 44.2 Å². The van der Waals surface area contributed by atoms with E-state index >= 15 is 0 Å². The van der Waals surface area contributed by atoms with E-state index in [-0.39, 0.29) is 12.4 Å². The van der Waals surface area contributed by atoms with Crippen molar-refractivity contribution in [2.24, 2.45) is 4.99 Å². The fourth-order valence-electron chi connectivity index (χ4n) is 4.29. The highest BCUT2D eigenvalue weighted by Crippen LogP contribution is 2.42. The number of aliphatic hydroxyl groups excluding tert-OH is 2. The maximum atomic E-state index is 13.3. The second-order valence-electron chi connectivity index (χ2n) is 8.53. The second-order valence-corrected chi connectivity index (χ2v) is 8.53. The molecule has 7 nitrogen and oxygen atoms in total. The Bertz CT molecular complexity index is 1240. The van der Waals surface area contributed by atoms with Crippen LogP contribution in [-0.2, 0) is 17.5 Å². The molecule has 0 spiro atoms. The van der Waals surface area contributed by atoms with Crippen molar-refractivity contribution >= 4 is 17.8 Å². The Labute approximate surface area is 197 Å². The van der Waals surface area contributed by atoms with Crippen LogP contribution in [0.3, 0.4) is 0 Å². The Morgan fingerprint density at radius 2 is 1.71 bits per heavy atom. The van der Waals surface area contributed by atoms with Gasteiger partial charge in [-0.3, -0.25) is 10.4 Å². The Morgan fingerprint density at radius 3 is 2.31 bits per heavy atom. The number of aromatic nitrogens is 1. The van der Waals surface area contributed by atoms with Gasteiger partial charge in [0.25, 0.3) is 0 Å². The topological polar surface area (TPSA) is 82.2 Å². The number of nitrogens with zero attached hydrogens (tertiary/aromatic N) is 3. The lowest BCUT2D eigenvalue weighted by molar-refractivity contribution is -0.137. The van der Waals surface area contributed by atoms with Crippen LogP contribution in [0, 0.1) is 5.82 Å². The van der Waals surface area contributed by atoms with Crippen molar-refractivity contribution in [2.75, 3.05) is 5.43 Å². The molecule has 1 fully saturated rings. The SMILES string of the molecule is C[C@H]1O[C@@H](n2cc(-c3ccc(C(F)(F)F)cc3)c3c2N=CN(Nc2ccc(F)cc2)C3)[C@H](O)[C@@H]1O. The summed E-state index contributed by atoms with van der Waals surface area (Å²) < 4.78 is 59.8. The van der Waals surface area contributed by atoms with Gasteiger partial charge in [-0.05, 0) is 48.9 Å². The highest BCUT2D eigenvalue weighted by Gasteiger charge is 2.43. The summed E-state index contributed by atoms with van der Waals surface area (Å²) in [6.07, 6.45) is -5.15. The third-order valence-corrected chi connectivity index (χ3v) is 6.15. The molecule has 0 radical (unpaired) electrons. The van der Waals surface area contributed by atoms with E-state index in [9.17, 15) is 27.8 Å². The standard InChI is InChI=1S/C24H22F4N4O3/c1-13-20(33)21(34)23(35-13)32-11-18(14-2-4-15(5-3-14)24(26,27)28)19-10-31(12-29-22(19)32)30-17-8-6-16(25)7-9-17/h2-9,11-13,20-21,23,30,33-34H,10H2,1H3/t13-,20-,21-,23-/m1/s1. The number of nitrogens with one attached hydrogen (secondary N) is 1. The summed E-state index contributed by atoms with van der Waals surface area (Å²) in [5.74, 6) is 0.0701. The Balaban J connectivity index is 1.53. The van der Waals surface area contributed by atoms with E-state index in [1.165, 1.54) is 30.6 Å². The first-order valence-electron chi connectivity index (χ1n) is 10.9. The molecule has 2 aromatic carbocycles. The van der Waals surface area contributed by atoms with E-state index in [1.807, 2.05) is 0 Å². The molecule has 2 aliphatic heterocycles. The van der Waals surface area contributed by atoms with Gasteiger partial charge in [0.15, 0.2) is 6.23 Å². The number of benzene rings is 2. The third kappa shape index (κ3) is 4.38. The molecule has 1 saturated heterocycles. The molecule has 0 aliphatic carbocycles. The van der Waals surface area contributed by atoms with Crippen LogP contribution in [-0.4, -0.2) is 44.4 Å². The fraction of sp³-hybridized carbons (Fsp3) is 0.292. The fourth-order valence-corrected chi connectivity index (χ4v) is 4.29. The molecule has 5 rings (SSSR count). The molecule has 184 valence electrons. The lowest BCUT2D eigenvalue weighted by atomic mass is 10.0. The van der Waals surface area contributed by atoms with Crippen molar-refractivity contribution in [1.82, 2.24) is 9.58 Å². The molecule has 0 unspecified atom stereocenters. The number of anilines is 1. The van der Waals surface area contributed by atoms with Gasteiger partial charge in [-0.15, -0.1) is 0 Å². The Morgan fingerprint density at radius 1 is 1.03 bits per heavy atom. The summed E-state index contributed by atoms with van der Waals surface area (Å²) in [5.41, 5.74) is 4.74. The van der Waals surface area contributed by atoms with Gasteiger partial charge in [-0.25, -0.2) is 9.38 Å². The summed E-state index contributed by atoms with van der Waals surface area (Å²) >= 11 is 0. The minimum Gasteiger partial charge on any atom is -0.388 e. The monoisotopic (exact) mass is 490 g/mol. The van der Waals surface area contributed by atoms with Crippen molar-refractivity contribution in [3.63, 3.8) is 0 Å². The van der Waals surface area contributed by atoms with Crippen molar-refractivity contribution in [1.29, 1.82) is 0 Å². The van der Waals surface area contributed by atoms with E-state index in [2.05, 4.69) is 10.4 Å². The minimum atomic E-state index is -4.46. The lowest BCUT2D eigenvalue weighted by Crippen LogP contribution is -2.31. The molecule has 3 N–H and O–H groups in total. The summed E-state index contributed by atoms with van der Waals surface area (Å²) in [5, 5.41) is 22.4. The van der Waals surface area contributed by atoms with E-state index < -0.39 is 36.3 Å². The molecule has 0 amide bonds. The second kappa shape index (κ2) is 8.67. The van der Waals surface area contributed by atoms with E-state index in [0.29, 0.717) is 28.2 Å². The van der Waals surface area contributed by atoms with Gasteiger partial charge in [-0.2, -0.15) is 13.2 Å². The average molecular weight is 490 g/mol. The summed E-state index contributed by atoms with van der Waals surface area (Å²) in [7, 11) is 0. The van der Waals surface area contributed by atoms with Crippen LogP contribution in [0.4, 0.5) is 29.1 Å². The van der Waals surface area contributed by atoms with E-state index in [0.717, 1.165) is 12.1 Å². The Hall–Kier alpha value is -3.41. The lowest BCUT2D eigenvalue weighted by Gasteiger charge is -2.26. The van der Waals surface area contributed by atoms with Crippen LogP contribution < -0.4 is 5.43 Å². The van der Waals surface area contributed by atoms with Crippen LogP contribution in [0.25, 0.3) is 11.1 Å². The van der Waals surface area contributed by atoms with Gasteiger partial charge in [0.05, 0.1) is 23.9 Å². The molecule has 11 heteroatoms. The van der Waals surface area contributed by atoms with Crippen molar-refractivity contribution in [3.05, 3.63) is 71.7 Å². The first-order valence-corrected chi connectivity index (χ1v) is 10.9. The number of aliphatic hydroxyl groups is 2. The molecule has 2 aliphatic rings. The van der Waals surface area contributed by atoms with Gasteiger partial charge in [0.1, 0.15) is 30.2 Å². The number of alkyl halides is 3. The zero-order chi connectivity index (χ0) is 24.9. The Kier molecular flexibility index (Phi) is 5.78. The van der Waals surface area contributed by atoms with Gasteiger partial charge in [0.2, 0.25) is 0 Å². The van der Waals surface area contributed by atoms with Crippen LogP contribution in [0.1, 0.15) is 24.3 Å². The number of ether oxygens (including phenoxy) is 1. The first kappa shape index (κ1) is 23.3. The van der Waals surface area contributed by atoms with E-state index in [4.69, 9.17) is 4.74 Å². The predicted molar refractivity (Wildman–Crippen MR) is 120 cm³/mol. The molecule has 0 saturated carbocycles. The molecule has 3 aromatic rings. The number of hydrogen-bond donors (Lipinski definition) is 3. The van der Waals surface area contributed by atoms with Gasteiger partial charge < -0.3 is 19.5 Å². The molecular weight excluding hydrogens is 468 g/mol. The van der Waals surface area contributed by atoms with Crippen LogP contribution in [0.5, 0.6) is 0 Å². The number of hydrazine groups is 1. The minimum absolute atomic E-state index is 0.264. The third-order valence-electron chi connectivity index (χ3n) is 6.15. The normalized spacial score (nSPS) is 24.0. The maximum Gasteiger partial charge on any atom is 0.416 e. The number of aliphatic imine (C=N–C) groups is 1. The summed E-state index contributed by atoms with van der Waals surface area (Å²) in [4.78, 5) is 4.49. The summed E-state index contributed by atoms with van der Waals surface area (Å²) in [6.45, 7) is 1.90. The number of halogens is 4. The van der Waals surface area contributed by atoms with Gasteiger partial charge in [0, 0.05) is 17.3 Å². The van der Waals surface area contributed by atoms with Crippen molar-refractivity contribution < 1.29 is 32.5 Å². The smallest absolute Gasteiger partial charge is 0.388 e. The zero-order valence-electron chi connectivity index (χ0n) is 18.4. The average Bonchev–Trinajstić information content (AvgIpc) is 3.32. The van der Waals surface area contributed by atoms with Crippen molar-refractivity contribution in [3.8, 4) is 11.1 Å². The number of hydrogen-bond acceptors (Lipinski definition) is 6. The number of fused-ring (bicyclic) bond motifs is 1. The van der Waals surface area contributed by atoms with Gasteiger partial charge >= 0.3 is 6.18 Å². The molecular formula is C24H22F4N4O3. The van der Waals surface area contributed by atoms with Crippen LogP contribution >= 0.6 is 0 Å². The largest absolute Gasteiger partial charge is 0.416 e. The molecule has 4 atom stereocenters. The predicted octanol–water partition coefficient (Wildman–Crippen LogP) is 4.45. The quantitative estimate of drug-likeness (QED) is 0.471. The van der Waals surface area contributed by atoms with Crippen LogP contribution in [0.15, 0.2) is 59.7 Å². The molecule has 0 bridgehead atoms. The first-order chi connectivity index (χ1) is 16.6. The van der Waals surface area contributed by atoms with Gasteiger partial charge in [-0.1, -0.05) is 12.1 Å². The molecule has 1 aromatic heterocycles. The highest BCUT2D eigenvalue weighted by molar-refractivity contribution is 5.78. The van der Waals surface area contributed by atoms with E-state index in [1.54, 1.807) is 34.8 Å². The molecule has 3 heterocycles. The zero-order valence-corrected chi connectivity index (χ0v) is 18.4. The highest BCUT2D eigenvalue weighted by atomic mass is 19.4. The molecule has 35 heavy (non-hydrogen) atoms. The number of rotatable bonds is 4. The summed E-state index contributed by atoms with van der Waals surface area (Å²) in [6, 6.07) is 10.5. The van der Waals surface area contributed by atoms with Crippen LogP contribution in [0.2, 0.25) is 0 Å².